The van der Waals surface area contributed by atoms with Crippen molar-refractivity contribution in [2.45, 2.75) is 31.7 Å². The maximum absolute atomic E-state index is 12.2. The fraction of sp³-hybridized carbons (Fsp3) is 0.667. The minimum absolute atomic E-state index is 0.154. The molecule has 0 saturated carbocycles. The Bertz CT molecular complexity index is 450. The first-order valence-corrected chi connectivity index (χ1v) is 6.60. The smallest absolute Gasteiger partial charge is 0.326 e. The lowest BCUT2D eigenvalue weighted by Crippen LogP contribution is -2.55. The van der Waals surface area contributed by atoms with Crippen LogP contribution in [0.1, 0.15) is 25.7 Å². The molecule has 0 aromatic carbocycles. The van der Waals surface area contributed by atoms with Gasteiger partial charge >= 0.3 is 12.0 Å². The van der Waals surface area contributed by atoms with Crippen molar-refractivity contribution in [3.8, 4) is 0 Å². The molecule has 0 aromatic heterocycles. The molecule has 0 bridgehead atoms. The summed E-state index contributed by atoms with van der Waals surface area (Å²) >= 11 is 0. The molecule has 2 fully saturated rings. The average Bonchev–Trinajstić information content (AvgIpc) is 2.41. The van der Waals surface area contributed by atoms with Crippen molar-refractivity contribution >= 4 is 23.8 Å². The number of nitrogens with zero attached hydrogens (tertiary/aromatic N) is 2. The molecule has 1 unspecified atom stereocenters. The van der Waals surface area contributed by atoms with Crippen molar-refractivity contribution in [1.82, 2.24) is 15.1 Å². The van der Waals surface area contributed by atoms with Gasteiger partial charge in [0.2, 0.25) is 11.8 Å². The van der Waals surface area contributed by atoms with Gasteiger partial charge in [0, 0.05) is 19.5 Å². The zero-order chi connectivity index (χ0) is 14.7. The fourth-order valence-corrected chi connectivity index (χ4v) is 2.49. The summed E-state index contributed by atoms with van der Waals surface area (Å²) in [6.07, 6.45) is 2.13. The summed E-state index contributed by atoms with van der Waals surface area (Å²) in [6, 6.07) is -1.41. The van der Waals surface area contributed by atoms with Gasteiger partial charge in [-0.15, -0.1) is 0 Å². The number of carbonyl (C=O) groups excluding carboxylic acids is 3. The fourth-order valence-electron chi connectivity index (χ4n) is 2.49. The molecule has 2 saturated heterocycles. The van der Waals surface area contributed by atoms with Crippen LogP contribution < -0.4 is 5.32 Å². The number of hydrogen-bond acceptors (Lipinski definition) is 4. The quantitative estimate of drug-likeness (QED) is 0.719. The largest absolute Gasteiger partial charge is 0.480 e. The summed E-state index contributed by atoms with van der Waals surface area (Å²) in [5, 5.41) is 11.3. The second kappa shape index (κ2) is 5.89. The van der Waals surface area contributed by atoms with Gasteiger partial charge in [-0.2, -0.15) is 0 Å². The molecule has 0 spiro atoms. The van der Waals surface area contributed by atoms with E-state index in [2.05, 4.69) is 5.32 Å². The van der Waals surface area contributed by atoms with E-state index < -0.39 is 18.0 Å². The Balaban J connectivity index is 1.98. The van der Waals surface area contributed by atoms with Crippen LogP contribution in [0.25, 0.3) is 0 Å². The molecule has 0 aliphatic carbocycles. The number of hydrogen-bond donors (Lipinski definition) is 2. The number of carboxylic acids is 1. The van der Waals surface area contributed by atoms with E-state index in [0.717, 1.165) is 12.8 Å². The first kappa shape index (κ1) is 14.3. The van der Waals surface area contributed by atoms with E-state index in [1.165, 1.54) is 9.80 Å². The lowest BCUT2D eigenvalue weighted by atomic mass is 10.0. The van der Waals surface area contributed by atoms with Crippen LogP contribution in [0.2, 0.25) is 0 Å². The molecule has 1 atom stereocenters. The maximum atomic E-state index is 12.2. The third-order valence-corrected chi connectivity index (χ3v) is 3.58. The number of imide groups is 1. The predicted octanol–water partition coefficient (Wildman–Crippen LogP) is -0.606. The highest BCUT2D eigenvalue weighted by atomic mass is 16.4. The van der Waals surface area contributed by atoms with E-state index in [4.69, 9.17) is 5.11 Å². The lowest BCUT2D eigenvalue weighted by Gasteiger charge is -2.35. The normalized spacial score (nSPS) is 23.5. The number of carbonyl (C=O) groups is 4. The number of piperidine rings is 1. The zero-order valence-corrected chi connectivity index (χ0v) is 11.0. The van der Waals surface area contributed by atoms with E-state index in [1.807, 2.05) is 0 Å². The van der Waals surface area contributed by atoms with Crippen LogP contribution in [0.4, 0.5) is 4.79 Å². The van der Waals surface area contributed by atoms with Crippen LogP contribution in [0.5, 0.6) is 0 Å². The predicted molar refractivity (Wildman–Crippen MR) is 66.7 cm³/mol. The zero-order valence-electron chi connectivity index (χ0n) is 11.0. The first-order chi connectivity index (χ1) is 9.49. The van der Waals surface area contributed by atoms with Crippen molar-refractivity contribution < 1.29 is 24.3 Å². The summed E-state index contributed by atoms with van der Waals surface area (Å²) < 4.78 is 0. The van der Waals surface area contributed by atoms with Crippen molar-refractivity contribution in [3.05, 3.63) is 0 Å². The Morgan fingerprint density at radius 1 is 1.25 bits per heavy atom. The Kier molecular flexibility index (Phi) is 4.21. The van der Waals surface area contributed by atoms with Gasteiger partial charge in [0.15, 0.2) is 0 Å². The molecule has 0 radical (unpaired) electrons. The number of rotatable bonds is 3. The highest BCUT2D eigenvalue weighted by Gasteiger charge is 2.34. The Morgan fingerprint density at radius 3 is 2.65 bits per heavy atom. The Hall–Kier alpha value is -2.12. The Morgan fingerprint density at radius 2 is 2.00 bits per heavy atom. The molecule has 0 aromatic rings. The van der Waals surface area contributed by atoms with E-state index in [0.29, 0.717) is 13.0 Å². The molecule has 20 heavy (non-hydrogen) atoms. The van der Waals surface area contributed by atoms with E-state index >= 15 is 0 Å². The first-order valence-electron chi connectivity index (χ1n) is 6.60. The van der Waals surface area contributed by atoms with Gasteiger partial charge in [-0.05, 0) is 19.3 Å². The number of nitrogens with one attached hydrogen (secondary N) is 1. The number of likely N-dealkylation sites (tertiary alicyclic amines) is 1. The van der Waals surface area contributed by atoms with Crippen LogP contribution >= 0.6 is 0 Å². The van der Waals surface area contributed by atoms with Gasteiger partial charge in [-0.1, -0.05) is 0 Å². The lowest BCUT2D eigenvalue weighted by molar-refractivity contribution is -0.152. The van der Waals surface area contributed by atoms with Gasteiger partial charge in [0.05, 0.1) is 0 Å². The number of amides is 4. The standard InChI is InChI=1S/C12H17N3O5/c16-9-4-6-14(12(20)13-9)7-10(17)15-5-2-1-3-8(15)11(18)19/h8H,1-7H2,(H,18,19)(H,13,16,20). The number of carboxylic acid groups (broad SMARTS) is 1. The van der Waals surface area contributed by atoms with Gasteiger partial charge in [0.1, 0.15) is 12.6 Å². The van der Waals surface area contributed by atoms with Crippen LogP contribution in [0.3, 0.4) is 0 Å². The third-order valence-electron chi connectivity index (χ3n) is 3.58. The molecule has 8 nitrogen and oxygen atoms in total. The van der Waals surface area contributed by atoms with Gasteiger partial charge in [-0.3, -0.25) is 14.9 Å². The van der Waals surface area contributed by atoms with Crippen LogP contribution in [-0.2, 0) is 14.4 Å². The third kappa shape index (κ3) is 3.06. The summed E-state index contributed by atoms with van der Waals surface area (Å²) in [5.41, 5.74) is 0. The second-order valence-electron chi connectivity index (χ2n) is 4.96. The van der Waals surface area contributed by atoms with E-state index in [1.54, 1.807) is 0 Å². The van der Waals surface area contributed by atoms with Crippen molar-refractivity contribution in [2.75, 3.05) is 19.6 Å². The van der Waals surface area contributed by atoms with E-state index in [9.17, 15) is 19.2 Å². The van der Waals surface area contributed by atoms with Gasteiger partial charge in [-0.25, -0.2) is 9.59 Å². The van der Waals surface area contributed by atoms with Crippen molar-refractivity contribution in [3.63, 3.8) is 0 Å². The van der Waals surface area contributed by atoms with Crippen molar-refractivity contribution in [2.24, 2.45) is 0 Å². The Labute approximate surface area is 115 Å². The van der Waals surface area contributed by atoms with Crippen LogP contribution in [0.15, 0.2) is 0 Å². The van der Waals surface area contributed by atoms with Crippen LogP contribution in [-0.4, -0.2) is 64.4 Å². The summed E-state index contributed by atoms with van der Waals surface area (Å²) in [4.78, 5) is 48.4. The maximum Gasteiger partial charge on any atom is 0.326 e. The monoisotopic (exact) mass is 283 g/mol. The minimum atomic E-state index is -1.02. The van der Waals surface area contributed by atoms with Gasteiger partial charge < -0.3 is 14.9 Å². The molecule has 4 amide bonds. The van der Waals surface area contributed by atoms with Gasteiger partial charge in [0.25, 0.3) is 0 Å². The van der Waals surface area contributed by atoms with Crippen molar-refractivity contribution in [1.29, 1.82) is 0 Å². The molecule has 8 heteroatoms. The molecule has 2 heterocycles. The number of aliphatic carboxylic acids is 1. The van der Waals surface area contributed by atoms with Crippen LogP contribution in [0, 0.1) is 0 Å². The molecule has 2 rings (SSSR count). The number of urea groups is 1. The highest BCUT2D eigenvalue weighted by molar-refractivity contribution is 5.98. The molecule has 110 valence electrons. The molecule has 2 N–H and O–H groups in total. The highest BCUT2D eigenvalue weighted by Crippen LogP contribution is 2.18. The van der Waals surface area contributed by atoms with E-state index in [-0.39, 0.29) is 31.3 Å². The molecular weight excluding hydrogens is 266 g/mol. The second-order valence-corrected chi connectivity index (χ2v) is 4.96. The summed E-state index contributed by atoms with van der Waals surface area (Å²) in [7, 11) is 0. The minimum Gasteiger partial charge on any atom is -0.480 e. The molecular formula is C12H17N3O5. The topological polar surface area (TPSA) is 107 Å². The molecule has 2 aliphatic rings. The summed E-state index contributed by atoms with van der Waals surface area (Å²) in [5.74, 6) is -1.77. The summed E-state index contributed by atoms with van der Waals surface area (Å²) in [6.45, 7) is 0.384. The molecule has 2 aliphatic heterocycles. The average molecular weight is 283 g/mol. The SMILES string of the molecule is O=C1CCN(CC(=O)N2CCCCC2C(=O)O)C(=O)N1.